The largest absolute Gasteiger partial charge is 0.508 e. The van der Waals surface area contributed by atoms with E-state index in [-0.39, 0.29) is 0 Å². The quantitative estimate of drug-likeness (QED) is 0.758. The summed E-state index contributed by atoms with van der Waals surface area (Å²) in [6.45, 7) is 6.12. The monoisotopic (exact) mass is 212 g/mol. The molecule has 1 heteroatoms. The standard InChI is InChI=1S/C15H16O/c1-10-6-11(2)8-14(7-10)13-4-5-15(16)12(3)9-13/h4-9,16H,1-3H3. The summed E-state index contributed by atoms with van der Waals surface area (Å²) in [5.41, 5.74) is 5.81. The third kappa shape index (κ3) is 2.08. The summed E-state index contributed by atoms with van der Waals surface area (Å²) in [6, 6.07) is 12.2. The van der Waals surface area contributed by atoms with Gasteiger partial charge in [0.2, 0.25) is 0 Å². The minimum absolute atomic E-state index is 0.355. The normalized spacial score (nSPS) is 10.4. The van der Waals surface area contributed by atoms with Crippen LogP contribution >= 0.6 is 0 Å². The van der Waals surface area contributed by atoms with Gasteiger partial charge >= 0.3 is 0 Å². The first kappa shape index (κ1) is 10.7. The van der Waals surface area contributed by atoms with Gasteiger partial charge in [-0.25, -0.2) is 0 Å². The van der Waals surface area contributed by atoms with Gasteiger partial charge in [0.05, 0.1) is 0 Å². The highest BCUT2D eigenvalue weighted by molar-refractivity contribution is 5.67. The smallest absolute Gasteiger partial charge is 0.118 e. The molecule has 0 fully saturated rings. The highest BCUT2D eigenvalue weighted by Gasteiger charge is 2.02. The zero-order chi connectivity index (χ0) is 11.7. The predicted molar refractivity (Wildman–Crippen MR) is 67.8 cm³/mol. The average molecular weight is 212 g/mol. The van der Waals surface area contributed by atoms with Crippen LogP contribution in [0.25, 0.3) is 11.1 Å². The maximum Gasteiger partial charge on any atom is 0.118 e. The van der Waals surface area contributed by atoms with E-state index in [1.54, 1.807) is 6.07 Å². The van der Waals surface area contributed by atoms with Crippen molar-refractivity contribution in [3.8, 4) is 16.9 Å². The summed E-state index contributed by atoms with van der Waals surface area (Å²) in [5, 5.41) is 9.50. The molecule has 1 N–H and O–H groups in total. The van der Waals surface area contributed by atoms with Crippen molar-refractivity contribution in [1.82, 2.24) is 0 Å². The van der Waals surface area contributed by atoms with E-state index in [0.29, 0.717) is 5.75 Å². The Balaban J connectivity index is 2.54. The van der Waals surface area contributed by atoms with Crippen LogP contribution in [0.15, 0.2) is 36.4 Å². The first-order valence-corrected chi connectivity index (χ1v) is 5.44. The Morgan fingerprint density at radius 3 is 1.94 bits per heavy atom. The number of benzene rings is 2. The molecule has 0 aromatic heterocycles. The number of phenolic OH excluding ortho intramolecular Hbond substituents is 1. The maximum atomic E-state index is 9.50. The van der Waals surface area contributed by atoms with Crippen molar-refractivity contribution in [2.45, 2.75) is 20.8 Å². The van der Waals surface area contributed by atoms with Crippen molar-refractivity contribution in [2.24, 2.45) is 0 Å². The van der Waals surface area contributed by atoms with Crippen LogP contribution < -0.4 is 0 Å². The molecular formula is C15H16O. The average Bonchev–Trinajstić information content (AvgIpc) is 2.20. The van der Waals surface area contributed by atoms with Crippen LogP contribution in [-0.4, -0.2) is 5.11 Å². The van der Waals surface area contributed by atoms with E-state index >= 15 is 0 Å². The van der Waals surface area contributed by atoms with Crippen LogP contribution in [0.4, 0.5) is 0 Å². The number of hydrogen-bond donors (Lipinski definition) is 1. The van der Waals surface area contributed by atoms with Crippen molar-refractivity contribution in [2.75, 3.05) is 0 Å². The zero-order valence-corrected chi connectivity index (χ0v) is 9.91. The summed E-state index contributed by atoms with van der Waals surface area (Å²) in [6.07, 6.45) is 0. The molecule has 1 nitrogen and oxygen atoms in total. The van der Waals surface area contributed by atoms with E-state index in [1.807, 2.05) is 19.1 Å². The van der Waals surface area contributed by atoms with Crippen molar-refractivity contribution < 1.29 is 5.11 Å². The highest BCUT2D eigenvalue weighted by Crippen LogP contribution is 2.26. The second-order valence-corrected chi connectivity index (χ2v) is 4.38. The van der Waals surface area contributed by atoms with E-state index in [0.717, 1.165) is 11.1 Å². The fourth-order valence-corrected chi connectivity index (χ4v) is 1.98. The summed E-state index contributed by atoms with van der Waals surface area (Å²) in [5.74, 6) is 0.355. The van der Waals surface area contributed by atoms with Gasteiger partial charge in [-0.05, 0) is 49.6 Å². The van der Waals surface area contributed by atoms with E-state index in [2.05, 4.69) is 32.0 Å². The Morgan fingerprint density at radius 2 is 1.38 bits per heavy atom. The molecule has 2 aromatic carbocycles. The molecule has 0 aliphatic rings. The lowest BCUT2D eigenvalue weighted by Gasteiger charge is -2.07. The third-order valence-electron chi connectivity index (χ3n) is 2.75. The van der Waals surface area contributed by atoms with Crippen LogP contribution in [0, 0.1) is 20.8 Å². The van der Waals surface area contributed by atoms with Gasteiger partial charge in [0, 0.05) is 0 Å². The minimum Gasteiger partial charge on any atom is -0.508 e. The molecule has 0 atom stereocenters. The van der Waals surface area contributed by atoms with Gasteiger partial charge < -0.3 is 5.11 Å². The zero-order valence-electron chi connectivity index (χ0n) is 9.91. The van der Waals surface area contributed by atoms with Gasteiger partial charge in [-0.3, -0.25) is 0 Å². The number of rotatable bonds is 1. The minimum atomic E-state index is 0.355. The van der Waals surface area contributed by atoms with Crippen LogP contribution in [-0.2, 0) is 0 Å². The van der Waals surface area contributed by atoms with E-state index in [4.69, 9.17) is 0 Å². The Kier molecular flexibility index (Phi) is 2.69. The SMILES string of the molecule is Cc1cc(C)cc(-c2ccc(O)c(C)c2)c1. The van der Waals surface area contributed by atoms with Gasteiger partial charge in [-0.1, -0.05) is 35.4 Å². The molecule has 0 aliphatic carbocycles. The lowest BCUT2D eigenvalue weighted by atomic mass is 9.99. The number of aromatic hydroxyl groups is 1. The summed E-state index contributed by atoms with van der Waals surface area (Å²) < 4.78 is 0. The first-order valence-electron chi connectivity index (χ1n) is 5.44. The lowest BCUT2D eigenvalue weighted by Crippen LogP contribution is -1.84. The molecule has 2 aromatic rings. The van der Waals surface area contributed by atoms with Crippen LogP contribution in [0.3, 0.4) is 0 Å². The summed E-state index contributed by atoms with van der Waals surface area (Å²) in [4.78, 5) is 0. The van der Waals surface area contributed by atoms with Crippen molar-refractivity contribution >= 4 is 0 Å². The van der Waals surface area contributed by atoms with Gasteiger partial charge in [-0.15, -0.1) is 0 Å². The Labute approximate surface area is 96.4 Å². The van der Waals surface area contributed by atoms with Crippen LogP contribution in [0.1, 0.15) is 16.7 Å². The molecule has 0 amide bonds. The molecule has 0 heterocycles. The number of aryl methyl sites for hydroxylation is 3. The Bertz CT molecular complexity index is 507. The third-order valence-corrected chi connectivity index (χ3v) is 2.75. The van der Waals surface area contributed by atoms with Crippen molar-refractivity contribution in [3.63, 3.8) is 0 Å². The Morgan fingerprint density at radius 1 is 0.750 bits per heavy atom. The second kappa shape index (κ2) is 4.01. The molecular weight excluding hydrogens is 196 g/mol. The summed E-state index contributed by atoms with van der Waals surface area (Å²) in [7, 11) is 0. The maximum absolute atomic E-state index is 9.50. The first-order chi connectivity index (χ1) is 7.56. The molecule has 0 spiro atoms. The highest BCUT2D eigenvalue weighted by atomic mass is 16.3. The van der Waals surface area contributed by atoms with E-state index in [1.165, 1.54) is 16.7 Å². The van der Waals surface area contributed by atoms with E-state index in [9.17, 15) is 5.11 Å². The molecule has 0 unspecified atom stereocenters. The lowest BCUT2D eigenvalue weighted by molar-refractivity contribution is 0.471. The molecule has 0 bridgehead atoms. The molecule has 82 valence electrons. The topological polar surface area (TPSA) is 20.2 Å². The predicted octanol–water partition coefficient (Wildman–Crippen LogP) is 3.98. The van der Waals surface area contributed by atoms with Gasteiger partial charge in [0.1, 0.15) is 5.75 Å². The van der Waals surface area contributed by atoms with E-state index < -0.39 is 0 Å². The number of phenols is 1. The number of hydrogen-bond acceptors (Lipinski definition) is 1. The molecule has 0 aliphatic heterocycles. The molecule has 0 saturated heterocycles. The molecule has 2 rings (SSSR count). The fourth-order valence-electron chi connectivity index (χ4n) is 1.98. The van der Waals surface area contributed by atoms with Crippen LogP contribution in [0.5, 0.6) is 5.75 Å². The fraction of sp³-hybridized carbons (Fsp3) is 0.200. The van der Waals surface area contributed by atoms with Gasteiger partial charge in [0.15, 0.2) is 0 Å². The second-order valence-electron chi connectivity index (χ2n) is 4.38. The summed E-state index contributed by atoms with van der Waals surface area (Å²) >= 11 is 0. The molecule has 16 heavy (non-hydrogen) atoms. The van der Waals surface area contributed by atoms with Crippen LogP contribution in [0.2, 0.25) is 0 Å². The van der Waals surface area contributed by atoms with Gasteiger partial charge in [-0.2, -0.15) is 0 Å². The van der Waals surface area contributed by atoms with Gasteiger partial charge in [0.25, 0.3) is 0 Å². The van der Waals surface area contributed by atoms with Crippen molar-refractivity contribution in [1.29, 1.82) is 0 Å². The molecule has 0 saturated carbocycles. The molecule has 0 radical (unpaired) electrons. The Hall–Kier alpha value is -1.76. The van der Waals surface area contributed by atoms with Crippen molar-refractivity contribution in [3.05, 3.63) is 53.1 Å².